The highest BCUT2D eigenvalue weighted by atomic mass is 32.2. The number of likely N-dealkylation sites (N-methyl/N-ethyl adjacent to an activating group) is 1. The second-order valence-electron chi connectivity index (χ2n) is 4.69. The molecule has 1 aliphatic rings. The van der Waals surface area contributed by atoms with Crippen LogP contribution in [0.3, 0.4) is 0 Å². The average Bonchev–Trinajstić information content (AvgIpc) is 2.28. The molecule has 1 aromatic rings. The second kappa shape index (κ2) is 5.26. The van der Waals surface area contributed by atoms with Crippen molar-refractivity contribution in [1.29, 1.82) is 0 Å². The summed E-state index contributed by atoms with van der Waals surface area (Å²) < 4.78 is 26.9. The van der Waals surface area contributed by atoms with Crippen LogP contribution < -0.4 is 4.72 Å². The maximum Gasteiger partial charge on any atom is 0.244 e. The Kier molecular flexibility index (Phi) is 3.89. The van der Waals surface area contributed by atoms with Gasteiger partial charge in [-0.25, -0.2) is 13.1 Å². The number of piperidine rings is 1. The number of nitrogens with one attached hydrogen (secondary N) is 1. The minimum atomic E-state index is -3.64. The molecule has 2 rings (SSSR count). The summed E-state index contributed by atoms with van der Waals surface area (Å²) in [5.74, 6) is -0.214. The standard InChI is InChI=1S/C12H18N2O3S/c1-14-8-4-5-10(9-14)13-18(16,17)12-7-3-2-6-11(12)15/h2-3,6-7,10,13,15H,4-5,8-9H2,1H3. The summed E-state index contributed by atoms with van der Waals surface area (Å²) in [5, 5.41) is 9.60. The van der Waals surface area contributed by atoms with Crippen molar-refractivity contribution in [2.45, 2.75) is 23.8 Å². The highest BCUT2D eigenvalue weighted by Gasteiger charge is 2.25. The van der Waals surface area contributed by atoms with Crippen LogP contribution in [0, 0.1) is 0 Å². The van der Waals surface area contributed by atoms with E-state index in [1.165, 1.54) is 12.1 Å². The second-order valence-corrected chi connectivity index (χ2v) is 6.37. The lowest BCUT2D eigenvalue weighted by Crippen LogP contribution is -2.46. The molecule has 100 valence electrons. The van der Waals surface area contributed by atoms with Gasteiger partial charge in [-0.15, -0.1) is 0 Å². The Morgan fingerprint density at radius 3 is 2.78 bits per heavy atom. The fourth-order valence-corrected chi connectivity index (χ4v) is 3.59. The number of benzene rings is 1. The highest BCUT2D eigenvalue weighted by molar-refractivity contribution is 7.89. The molecule has 0 bridgehead atoms. The molecule has 1 saturated heterocycles. The molecule has 1 unspecified atom stereocenters. The van der Waals surface area contributed by atoms with Crippen LogP contribution >= 0.6 is 0 Å². The van der Waals surface area contributed by atoms with Gasteiger partial charge in [-0.3, -0.25) is 0 Å². The topological polar surface area (TPSA) is 69.6 Å². The third-order valence-corrected chi connectivity index (χ3v) is 4.67. The zero-order valence-electron chi connectivity index (χ0n) is 10.3. The summed E-state index contributed by atoms with van der Waals surface area (Å²) in [6, 6.07) is 5.89. The molecule has 0 aromatic heterocycles. The molecule has 5 nitrogen and oxygen atoms in total. The van der Waals surface area contributed by atoms with Gasteiger partial charge in [0, 0.05) is 12.6 Å². The van der Waals surface area contributed by atoms with Gasteiger partial charge in [0.05, 0.1) is 0 Å². The van der Waals surface area contributed by atoms with Crippen molar-refractivity contribution < 1.29 is 13.5 Å². The first-order valence-corrected chi connectivity index (χ1v) is 7.46. The molecule has 2 N–H and O–H groups in total. The number of nitrogens with zero attached hydrogens (tertiary/aromatic N) is 1. The largest absolute Gasteiger partial charge is 0.507 e. The van der Waals surface area contributed by atoms with E-state index in [9.17, 15) is 13.5 Å². The van der Waals surface area contributed by atoms with Gasteiger partial charge in [-0.2, -0.15) is 0 Å². The Morgan fingerprint density at radius 1 is 1.39 bits per heavy atom. The van der Waals surface area contributed by atoms with Gasteiger partial charge in [0.25, 0.3) is 0 Å². The van der Waals surface area contributed by atoms with Crippen LogP contribution in [0.25, 0.3) is 0 Å². The Labute approximate surface area is 107 Å². The molecule has 1 atom stereocenters. The lowest BCUT2D eigenvalue weighted by atomic mass is 10.1. The van der Waals surface area contributed by atoms with Gasteiger partial charge in [0.1, 0.15) is 10.6 Å². The molecule has 1 heterocycles. The summed E-state index contributed by atoms with van der Waals surface area (Å²) >= 11 is 0. The molecule has 18 heavy (non-hydrogen) atoms. The van der Waals surface area contributed by atoms with Gasteiger partial charge in [0.15, 0.2) is 0 Å². The predicted octanol–water partition coefficient (Wildman–Crippen LogP) is 0.765. The fourth-order valence-electron chi connectivity index (χ4n) is 2.23. The third kappa shape index (κ3) is 3.01. The number of phenols is 1. The van der Waals surface area contributed by atoms with E-state index in [0.29, 0.717) is 6.54 Å². The first kappa shape index (κ1) is 13.3. The van der Waals surface area contributed by atoms with Gasteiger partial charge < -0.3 is 10.0 Å². The maximum absolute atomic E-state index is 12.1. The van der Waals surface area contributed by atoms with E-state index in [1.54, 1.807) is 12.1 Å². The molecule has 6 heteroatoms. The molecule has 0 spiro atoms. The molecule has 1 fully saturated rings. The van der Waals surface area contributed by atoms with Crippen molar-refractivity contribution >= 4 is 10.0 Å². The summed E-state index contributed by atoms with van der Waals surface area (Å²) in [7, 11) is -1.67. The van der Waals surface area contributed by atoms with E-state index in [0.717, 1.165) is 19.4 Å². The Hall–Kier alpha value is -1.11. The monoisotopic (exact) mass is 270 g/mol. The average molecular weight is 270 g/mol. The van der Waals surface area contributed by atoms with Crippen molar-refractivity contribution in [2.75, 3.05) is 20.1 Å². The molecule has 0 radical (unpaired) electrons. The first-order valence-electron chi connectivity index (χ1n) is 5.98. The van der Waals surface area contributed by atoms with Gasteiger partial charge in [-0.05, 0) is 38.6 Å². The van der Waals surface area contributed by atoms with Crippen molar-refractivity contribution in [3.8, 4) is 5.75 Å². The number of aromatic hydroxyl groups is 1. The Morgan fingerprint density at radius 2 is 2.11 bits per heavy atom. The van der Waals surface area contributed by atoms with Crippen molar-refractivity contribution in [3.63, 3.8) is 0 Å². The summed E-state index contributed by atoms with van der Waals surface area (Å²) in [4.78, 5) is 2.04. The maximum atomic E-state index is 12.1. The van der Waals surface area contributed by atoms with E-state index < -0.39 is 10.0 Å². The number of likely N-dealkylation sites (tertiary alicyclic amines) is 1. The lowest BCUT2D eigenvalue weighted by molar-refractivity contribution is 0.242. The number of rotatable bonds is 3. The summed E-state index contributed by atoms with van der Waals surface area (Å²) in [6.07, 6.45) is 1.81. The Bertz CT molecular complexity index is 516. The summed E-state index contributed by atoms with van der Waals surface area (Å²) in [5.41, 5.74) is 0. The molecular formula is C12H18N2O3S. The van der Waals surface area contributed by atoms with Crippen LogP contribution in [0.4, 0.5) is 0 Å². The Balaban J connectivity index is 2.15. The smallest absolute Gasteiger partial charge is 0.244 e. The zero-order chi connectivity index (χ0) is 13.2. The van der Waals surface area contributed by atoms with Crippen LogP contribution in [-0.4, -0.2) is 44.6 Å². The van der Waals surface area contributed by atoms with Crippen molar-refractivity contribution in [1.82, 2.24) is 9.62 Å². The molecular weight excluding hydrogens is 252 g/mol. The summed E-state index contributed by atoms with van der Waals surface area (Å²) in [6.45, 7) is 1.70. The first-order chi connectivity index (χ1) is 8.49. The van der Waals surface area contributed by atoms with Crippen molar-refractivity contribution in [3.05, 3.63) is 24.3 Å². The van der Waals surface area contributed by atoms with Crippen LogP contribution in [0.1, 0.15) is 12.8 Å². The number of hydrogen-bond donors (Lipinski definition) is 2. The van der Waals surface area contributed by atoms with E-state index >= 15 is 0 Å². The predicted molar refractivity (Wildman–Crippen MR) is 68.9 cm³/mol. The van der Waals surface area contributed by atoms with Gasteiger partial charge in [-0.1, -0.05) is 12.1 Å². The van der Waals surface area contributed by atoms with E-state index in [2.05, 4.69) is 9.62 Å². The molecule has 0 amide bonds. The molecule has 1 aliphatic heterocycles. The molecule has 0 saturated carbocycles. The fraction of sp³-hybridized carbons (Fsp3) is 0.500. The number of hydrogen-bond acceptors (Lipinski definition) is 4. The number of sulfonamides is 1. The van der Waals surface area contributed by atoms with Gasteiger partial charge >= 0.3 is 0 Å². The third-order valence-electron chi connectivity index (χ3n) is 3.10. The quantitative estimate of drug-likeness (QED) is 0.851. The number of para-hydroxylation sites is 1. The van der Waals surface area contributed by atoms with E-state index in [-0.39, 0.29) is 16.7 Å². The van der Waals surface area contributed by atoms with Crippen LogP contribution in [0.15, 0.2) is 29.2 Å². The SMILES string of the molecule is CN1CCCC(NS(=O)(=O)c2ccccc2O)C1. The normalized spacial score (nSPS) is 21.9. The molecule has 1 aromatic carbocycles. The zero-order valence-corrected chi connectivity index (χ0v) is 11.2. The van der Waals surface area contributed by atoms with Crippen LogP contribution in [0.5, 0.6) is 5.75 Å². The number of phenolic OH excluding ortho intramolecular Hbond substituents is 1. The van der Waals surface area contributed by atoms with E-state index in [4.69, 9.17) is 0 Å². The highest BCUT2D eigenvalue weighted by Crippen LogP contribution is 2.22. The minimum absolute atomic E-state index is 0.0572. The van der Waals surface area contributed by atoms with Crippen molar-refractivity contribution in [2.24, 2.45) is 0 Å². The van der Waals surface area contributed by atoms with Crippen LogP contribution in [0.2, 0.25) is 0 Å². The van der Waals surface area contributed by atoms with Crippen LogP contribution in [-0.2, 0) is 10.0 Å². The minimum Gasteiger partial charge on any atom is -0.507 e. The van der Waals surface area contributed by atoms with E-state index in [1.807, 2.05) is 7.05 Å². The molecule has 0 aliphatic carbocycles. The van der Waals surface area contributed by atoms with Gasteiger partial charge in [0.2, 0.25) is 10.0 Å². The lowest BCUT2D eigenvalue weighted by Gasteiger charge is -2.30.